The lowest BCUT2D eigenvalue weighted by molar-refractivity contribution is 0.0601. The second kappa shape index (κ2) is 7.69. The third-order valence-electron chi connectivity index (χ3n) is 3.24. The van der Waals surface area contributed by atoms with Gasteiger partial charge in [-0.15, -0.1) is 0 Å². The van der Waals surface area contributed by atoms with Crippen LogP contribution in [0.4, 0.5) is 5.69 Å². The first kappa shape index (κ1) is 16.9. The van der Waals surface area contributed by atoms with Gasteiger partial charge in [-0.1, -0.05) is 11.6 Å². The Labute approximate surface area is 139 Å². The first-order valence-corrected chi connectivity index (χ1v) is 7.15. The molecule has 0 aliphatic rings. The van der Waals surface area contributed by atoms with Crippen LogP contribution in [0.25, 0.3) is 0 Å². The van der Waals surface area contributed by atoms with Gasteiger partial charge < -0.3 is 19.5 Å². The third kappa shape index (κ3) is 4.04. The number of carbonyl (C=O) groups is 1. The van der Waals surface area contributed by atoms with Crippen LogP contribution in [0.3, 0.4) is 0 Å². The number of aromatic nitrogens is 1. The molecular weight excluding hydrogens is 320 g/mol. The average Bonchev–Trinajstić information content (AvgIpc) is 2.59. The number of nitrogens with one attached hydrogen (secondary N) is 1. The van der Waals surface area contributed by atoms with Gasteiger partial charge in [-0.05, 0) is 18.2 Å². The van der Waals surface area contributed by atoms with Gasteiger partial charge in [0, 0.05) is 24.4 Å². The number of methoxy groups -OCH3 is 3. The molecule has 0 amide bonds. The van der Waals surface area contributed by atoms with Crippen LogP contribution in [0.15, 0.2) is 30.5 Å². The van der Waals surface area contributed by atoms with Crippen LogP contribution in [-0.2, 0) is 11.3 Å². The number of pyridine rings is 1. The Balaban J connectivity index is 2.24. The summed E-state index contributed by atoms with van der Waals surface area (Å²) in [7, 11) is 4.49. The summed E-state index contributed by atoms with van der Waals surface area (Å²) >= 11 is 5.90. The number of hydrogen-bond donors (Lipinski definition) is 1. The molecule has 0 bridgehead atoms. The second-order valence-corrected chi connectivity index (χ2v) is 4.96. The first-order valence-electron chi connectivity index (χ1n) is 6.77. The van der Waals surface area contributed by atoms with Crippen LogP contribution in [0.5, 0.6) is 11.5 Å². The van der Waals surface area contributed by atoms with Crippen molar-refractivity contribution in [1.82, 2.24) is 4.98 Å². The highest BCUT2D eigenvalue weighted by Gasteiger charge is 2.14. The number of carbonyl (C=O) groups excluding carboxylic acids is 1. The van der Waals surface area contributed by atoms with Gasteiger partial charge in [0.05, 0.1) is 27.0 Å². The van der Waals surface area contributed by atoms with Crippen LogP contribution in [-0.4, -0.2) is 32.3 Å². The zero-order valence-electron chi connectivity index (χ0n) is 13.1. The lowest BCUT2D eigenvalue weighted by Gasteiger charge is -2.14. The van der Waals surface area contributed by atoms with E-state index in [1.807, 2.05) is 12.1 Å². The van der Waals surface area contributed by atoms with E-state index >= 15 is 0 Å². The number of halogens is 1. The number of anilines is 1. The van der Waals surface area contributed by atoms with Gasteiger partial charge in [-0.2, -0.15) is 0 Å². The Hall–Kier alpha value is -2.47. The largest absolute Gasteiger partial charge is 0.497 e. The van der Waals surface area contributed by atoms with E-state index in [0.29, 0.717) is 29.3 Å². The lowest BCUT2D eigenvalue weighted by atomic mass is 10.1. The predicted octanol–water partition coefficient (Wildman–Crippen LogP) is 3.15. The highest BCUT2D eigenvalue weighted by Crippen LogP contribution is 2.26. The minimum Gasteiger partial charge on any atom is -0.497 e. The molecule has 0 aliphatic heterocycles. The molecule has 6 nitrogen and oxygen atoms in total. The summed E-state index contributed by atoms with van der Waals surface area (Å²) in [5.74, 6) is 0.891. The zero-order chi connectivity index (χ0) is 16.8. The molecule has 0 unspecified atom stereocenters. The minimum absolute atomic E-state index is 0.279. The first-order chi connectivity index (χ1) is 11.1. The van der Waals surface area contributed by atoms with Gasteiger partial charge in [0.2, 0.25) is 0 Å². The molecule has 1 N–H and O–H groups in total. The van der Waals surface area contributed by atoms with Crippen molar-refractivity contribution >= 4 is 23.3 Å². The van der Waals surface area contributed by atoms with Crippen molar-refractivity contribution in [3.05, 3.63) is 46.7 Å². The topological polar surface area (TPSA) is 69.7 Å². The van der Waals surface area contributed by atoms with Gasteiger partial charge in [0.1, 0.15) is 22.2 Å². The van der Waals surface area contributed by atoms with E-state index in [1.165, 1.54) is 13.3 Å². The molecule has 0 aliphatic carbocycles. The molecule has 122 valence electrons. The number of nitrogens with zero attached hydrogens (tertiary/aromatic N) is 1. The maximum absolute atomic E-state index is 11.8. The highest BCUT2D eigenvalue weighted by molar-refractivity contribution is 6.29. The number of esters is 1. The molecule has 0 fully saturated rings. The van der Waals surface area contributed by atoms with Crippen LogP contribution >= 0.6 is 11.6 Å². The molecule has 1 aromatic carbocycles. The number of ether oxygens (including phenoxy) is 3. The van der Waals surface area contributed by atoms with Crippen molar-refractivity contribution in [2.45, 2.75) is 6.54 Å². The van der Waals surface area contributed by atoms with E-state index in [4.69, 9.17) is 25.8 Å². The van der Waals surface area contributed by atoms with Crippen molar-refractivity contribution in [3.63, 3.8) is 0 Å². The summed E-state index contributed by atoms with van der Waals surface area (Å²) in [6.07, 6.45) is 1.38. The Morgan fingerprint density at radius 3 is 2.65 bits per heavy atom. The van der Waals surface area contributed by atoms with Gasteiger partial charge >= 0.3 is 5.97 Å². The van der Waals surface area contributed by atoms with Gasteiger partial charge in [-0.25, -0.2) is 9.78 Å². The second-order valence-electron chi connectivity index (χ2n) is 4.58. The SMILES string of the molecule is COC(=O)c1cnc(Cl)cc1NCc1ccc(OC)cc1OC. The molecule has 1 heterocycles. The summed E-state index contributed by atoms with van der Waals surface area (Å²) in [5.41, 5.74) is 1.75. The van der Waals surface area contributed by atoms with Crippen LogP contribution in [0, 0.1) is 0 Å². The summed E-state index contributed by atoms with van der Waals surface area (Å²) in [6.45, 7) is 0.428. The molecule has 0 spiro atoms. The fourth-order valence-corrected chi connectivity index (χ4v) is 2.20. The van der Waals surface area contributed by atoms with E-state index in [0.717, 1.165) is 5.56 Å². The molecule has 0 atom stereocenters. The average molecular weight is 337 g/mol. The van der Waals surface area contributed by atoms with Crippen molar-refractivity contribution in [1.29, 1.82) is 0 Å². The van der Waals surface area contributed by atoms with Crippen LogP contribution < -0.4 is 14.8 Å². The third-order valence-corrected chi connectivity index (χ3v) is 3.45. The molecule has 23 heavy (non-hydrogen) atoms. The normalized spacial score (nSPS) is 10.1. The molecule has 1 aromatic heterocycles. The van der Waals surface area contributed by atoms with E-state index in [9.17, 15) is 4.79 Å². The van der Waals surface area contributed by atoms with Gasteiger partial charge in [0.25, 0.3) is 0 Å². The Morgan fingerprint density at radius 1 is 1.22 bits per heavy atom. The number of hydrogen-bond acceptors (Lipinski definition) is 6. The standard InChI is InChI=1S/C16H17ClN2O4/c1-21-11-5-4-10(14(6-11)22-2)8-18-13-7-15(17)19-9-12(13)16(20)23-3/h4-7,9H,8H2,1-3H3,(H,18,19). The minimum atomic E-state index is -0.488. The Bertz CT molecular complexity index is 706. The van der Waals surface area contributed by atoms with Crippen molar-refractivity contribution < 1.29 is 19.0 Å². The summed E-state index contributed by atoms with van der Waals surface area (Å²) < 4.78 is 15.3. The summed E-state index contributed by atoms with van der Waals surface area (Å²) in [4.78, 5) is 15.7. The highest BCUT2D eigenvalue weighted by atomic mass is 35.5. The fraction of sp³-hybridized carbons (Fsp3) is 0.250. The maximum Gasteiger partial charge on any atom is 0.341 e. The molecule has 0 saturated heterocycles. The van der Waals surface area contributed by atoms with Crippen molar-refractivity contribution in [2.75, 3.05) is 26.6 Å². The van der Waals surface area contributed by atoms with Crippen LogP contribution in [0.1, 0.15) is 15.9 Å². The molecule has 2 rings (SSSR count). The van der Waals surface area contributed by atoms with E-state index < -0.39 is 5.97 Å². The van der Waals surface area contributed by atoms with Gasteiger partial charge in [0.15, 0.2) is 0 Å². The molecule has 0 radical (unpaired) electrons. The van der Waals surface area contributed by atoms with Crippen LogP contribution in [0.2, 0.25) is 5.15 Å². The summed E-state index contributed by atoms with van der Waals surface area (Å²) in [6, 6.07) is 7.08. The smallest absolute Gasteiger partial charge is 0.341 e. The van der Waals surface area contributed by atoms with Crippen molar-refractivity contribution in [2.24, 2.45) is 0 Å². The Morgan fingerprint density at radius 2 is 2.00 bits per heavy atom. The summed E-state index contributed by atoms with van der Waals surface area (Å²) in [5, 5.41) is 3.43. The number of benzene rings is 1. The lowest BCUT2D eigenvalue weighted by Crippen LogP contribution is -2.09. The molecule has 0 saturated carbocycles. The molecular formula is C16H17ClN2O4. The molecule has 2 aromatic rings. The van der Waals surface area contributed by atoms with E-state index in [1.54, 1.807) is 26.4 Å². The van der Waals surface area contributed by atoms with Gasteiger partial charge in [-0.3, -0.25) is 0 Å². The Kier molecular flexibility index (Phi) is 5.65. The zero-order valence-corrected chi connectivity index (χ0v) is 13.8. The number of rotatable bonds is 6. The predicted molar refractivity (Wildman–Crippen MR) is 87.5 cm³/mol. The maximum atomic E-state index is 11.8. The molecule has 7 heteroatoms. The monoisotopic (exact) mass is 336 g/mol. The van der Waals surface area contributed by atoms with E-state index in [2.05, 4.69) is 10.3 Å². The quantitative estimate of drug-likeness (QED) is 0.645. The van der Waals surface area contributed by atoms with E-state index in [-0.39, 0.29) is 5.15 Å². The fourth-order valence-electron chi connectivity index (χ4n) is 2.04. The van der Waals surface area contributed by atoms with Crippen molar-refractivity contribution in [3.8, 4) is 11.5 Å².